The number of anilines is 2. The van der Waals surface area contributed by atoms with Gasteiger partial charge in [-0.3, -0.25) is 9.59 Å². The molecular weight excluding hydrogens is 344 g/mol. The van der Waals surface area contributed by atoms with Crippen LogP contribution in [0.3, 0.4) is 0 Å². The molecule has 1 heterocycles. The first kappa shape index (κ1) is 18.8. The van der Waals surface area contributed by atoms with E-state index in [-0.39, 0.29) is 18.2 Å². The molecule has 2 aromatic carbocycles. The number of rotatable bonds is 6. The van der Waals surface area contributed by atoms with Crippen LogP contribution in [-0.2, 0) is 9.59 Å². The number of carbonyl (C=O) groups excluding carboxylic acids is 2. The van der Waals surface area contributed by atoms with Crippen molar-refractivity contribution in [3.05, 3.63) is 48.0 Å². The summed E-state index contributed by atoms with van der Waals surface area (Å²) in [6, 6.07) is 13.0. The van der Waals surface area contributed by atoms with Crippen molar-refractivity contribution in [3.8, 4) is 11.5 Å². The minimum Gasteiger partial charge on any atom is -0.493 e. The van der Waals surface area contributed by atoms with Crippen LogP contribution in [0.2, 0.25) is 0 Å². The van der Waals surface area contributed by atoms with Crippen LogP contribution in [0.4, 0.5) is 11.4 Å². The minimum absolute atomic E-state index is 0.0386. The van der Waals surface area contributed by atoms with Gasteiger partial charge >= 0.3 is 0 Å². The van der Waals surface area contributed by atoms with Crippen LogP contribution in [0.25, 0.3) is 0 Å². The quantitative estimate of drug-likeness (QED) is 0.849. The third-order valence-electron chi connectivity index (χ3n) is 4.57. The molecule has 0 aromatic heterocycles. The zero-order valence-electron chi connectivity index (χ0n) is 15.8. The number of methoxy groups -OCH3 is 1. The molecule has 2 amide bonds. The zero-order valence-corrected chi connectivity index (χ0v) is 15.8. The molecule has 6 nitrogen and oxygen atoms in total. The van der Waals surface area contributed by atoms with E-state index >= 15 is 0 Å². The monoisotopic (exact) mass is 368 g/mol. The van der Waals surface area contributed by atoms with E-state index in [2.05, 4.69) is 5.32 Å². The van der Waals surface area contributed by atoms with Gasteiger partial charge in [0.05, 0.1) is 19.6 Å². The summed E-state index contributed by atoms with van der Waals surface area (Å²) in [5.41, 5.74) is 2.56. The molecule has 0 spiro atoms. The van der Waals surface area contributed by atoms with Gasteiger partial charge in [0.25, 0.3) is 0 Å². The maximum absolute atomic E-state index is 12.6. The third kappa shape index (κ3) is 4.22. The summed E-state index contributed by atoms with van der Waals surface area (Å²) >= 11 is 0. The van der Waals surface area contributed by atoms with E-state index in [1.807, 2.05) is 38.1 Å². The summed E-state index contributed by atoms with van der Waals surface area (Å²) < 4.78 is 10.8. The molecule has 1 atom stereocenters. The van der Waals surface area contributed by atoms with Crippen molar-refractivity contribution in [3.63, 3.8) is 0 Å². The number of carbonyl (C=O) groups is 2. The Morgan fingerprint density at radius 1 is 1.19 bits per heavy atom. The fourth-order valence-electron chi connectivity index (χ4n) is 3.12. The van der Waals surface area contributed by atoms with E-state index in [0.29, 0.717) is 30.3 Å². The molecule has 142 valence electrons. The Balaban J connectivity index is 1.68. The highest BCUT2D eigenvalue weighted by Gasteiger charge is 2.35. The van der Waals surface area contributed by atoms with Gasteiger partial charge in [0.15, 0.2) is 11.5 Å². The van der Waals surface area contributed by atoms with Gasteiger partial charge in [-0.25, -0.2) is 0 Å². The van der Waals surface area contributed by atoms with Gasteiger partial charge in [-0.1, -0.05) is 17.7 Å². The summed E-state index contributed by atoms with van der Waals surface area (Å²) in [5, 5.41) is 2.88. The van der Waals surface area contributed by atoms with Crippen LogP contribution in [0.5, 0.6) is 11.5 Å². The number of hydrogen-bond donors (Lipinski definition) is 1. The van der Waals surface area contributed by atoms with E-state index in [1.165, 1.54) is 0 Å². The normalized spacial score (nSPS) is 16.3. The van der Waals surface area contributed by atoms with Crippen LogP contribution in [0.15, 0.2) is 42.5 Å². The molecule has 0 radical (unpaired) electrons. The van der Waals surface area contributed by atoms with E-state index < -0.39 is 5.92 Å². The van der Waals surface area contributed by atoms with Gasteiger partial charge in [-0.2, -0.15) is 0 Å². The molecule has 0 bridgehead atoms. The highest BCUT2D eigenvalue weighted by atomic mass is 16.5. The first-order chi connectivity index (χ1) is 13.0. The molecule has 6 heteroatoms. The first-order valence-electron chi connectivity index (χ1n) is 9.00. The number of nitrogens with zero attached hydrogens (tertiary/aromatic N) is 1. The molecule has 1 fully saturated rings. The summed E-state index contributed by atoms with van der Waals surface area (Å²) in [6.07, 6.45) is 0.202. The molecule has 1 aliphatic rings. The Bertz CT molecular complexity index is 833. The Hall–Kier alpha value is -3.02. The zero-order chi connectivity index (χ0) is 19.4. The molecule has 0 unspecified atom stereocenters. The maximum Gasteiger partial charge on any atom is 0.229 e. The van der Waals surface area contributed by atoms with Crippen molar-refractivity contribution in [2.75, 3.05) is 30.5 Å². The van der Waals surface area contributed by atoms with Crippen molar-refractivity contribution in [2.45, 2.75) is 20.3 Å². The highest BCUT2D eigenvalue weighted by molar-refractivity contribution is 6.03. The van der Waals surface area contributed by atoms with Crippen molar-refractivity contribution < 1.29 is 19.1 Å². The van der Waals surface area contributed by atoms with E-state index in [9.17, 15) is 9.59 Å². The number of ether oxygens (including phenoxy) is 2. The van der Waals surface area contributed by atoms with Gasteiger partial charge in [0.1, 0.15) is 0 Å². The second kappa shape index (κ2) is 8.12. The molecule has 3 rings (SSSR count). The second-order valence-corrected chi connectivity index (χ2v) is 6.53. The number of aryl methyl sites for hydroxylation is 1. The van der Waals surface area contributed by atoms with Crippen LogP contribution >= 0.6 is 0 Å². The second-order valence-electron chi connectivity index (χ2n) is 6.53. The number of hydrogen-bond acceptors (Lipinski definition) is 4. The van der Waals surface area contributed by atoms with Crippen LogP contribution in [0.1, 0.15) is 18.9 Å². The van der Waals surface area contributed by atoms with Gasteiger partial charge in [0, 0.05) is 30.4 Å². The summed E-state index contributed by atoms with van der Waals surface area (Å²) in [5.74, 6) is 0.571. The van der Waals surface area contributed by atoms with E-state index in [1.54, 1.807) is 30.2 Å². The molecule has 27 heavy (non-hydrogen) atoms. The average Bonchev–Trinajstić information content (AvgIpc) is 3.05. The predicted molar refractivity (Wildman–Crippen MR) is 104 cm³/mol. The maximum atomic E-state index is 12.6. The van der Waals surface area contributed by atoms with Crippen molar-refractivity contribution in [2.24, 2.45) is 5.92 Å². The Kier molecular flexibility index (Phi) is 5.64. The van der Waals surface area contributed by atoms with Crippen LogP contribution in [0, 0.1) is 12.8 Å². The topological polar surface area (TPSA) is 67.9 Å². The van der Waals surface area contributed by atoms with Gasteiger partial charge < -0.3 is 19.7 Å². The lowest BCUT2D eigenvalue weighted by Crippen LogP contribution is -2.28. The predicted octanol–water partition coefficient (Wildman–Crippen LogP) is 3.39. The minimum atomic E-state index is -0.392. The lowest BCUT2D eigenvalue weighted by molar-refractivity contribution is -0.122. The Labute approximate surface area is 159 Å². The van der Waals surface area contributed by atoms with Crippen LogP contribution < -0.4 is 19.7 Å². The summed E-state index contributed by atoms with van der Waals surface area (Å²) in [7, 11) is 1.55. The molecule has 1 aliphatic heterocycles. The third-order valence-corrected chi connectivity index (χ3v) is 4.57. The Morgan fingerprint density at radius 3 is 2.59 bits per heavy atom. The first-order valence-corrected chi connectivity index (χ1v) is 9.00. The fourth-order valence-corrected chi connectivity index (χ4v) is 3.12. The smallest absolute Gasteiger partial charge is 0.229 e. The molecule has 2 aromatic rings. The number of amides is 2. The lowest BCUT2D eigenvalue weighted by Gasteiger charge is -2.17. The average molecular weight is 368 g/mol. The fraction of sp³-hybridized carbons (Fsp3) is 0.333. The molecule has 0 aliphatic carbocycles. The summed E-state index contributed by atoms with van der Waals surface area (Å²) in [4.78, 5) is 26.7. The van der Waals surface area contributed by atoms with Gasteiger partial charge in [-0.15, -0.1) is 0 Å². The number of benzene rings is 2. The van der Waals surface area contributed by atoms with Crippen molar-refractivity contribution in [1.29, 1.82) is 0 Å². The molecule has 0 saturated carbocycles. The van der Waals surface area contributed by atoms with E-state index in [0.717, 1.165) is 11.3 Å². The standard InChI is InChI=1S/C21H24N2O4/c1-4-27-18-10-7-16(12-19(18)26-3)22-21(25)15-11-20(24)23(13-15)17-8-5-14(2)6-9-17/h5-10,12,15H,4,11,13H2,1-3H3,(H,22,25)/t15-/m0/s1. The SMILES string of the molecule is CCOc1ccc(NC(=O)[C@H]2CC(=O)N(c3ccc(C)cc3)C2)cc1OC. The van der Waals surface area contributed by atoms with E-state index in [4.69, 9.17) is 9.47 Å². The van der Waals surface area contributed by atoms with Gasteiger partial charge in [0.2, 0.25) is 11.8 Å². The molecule has 1 N–H and O–H groups in total. The van der Waals surface area contributed by atoms with Crippen molar-refractivity contribution >= 4 is 23.2 Å². The number of nitrogens with one attached hydrogen (secondary N) is 1. The largest absolute Gasteiger partial charge is 0.493 e. The van der Waals surface area contributed by atoms with Gasteiger partial charge in [-0.05, 0) is 38.1 Å². The van der Waals surface area contributed by atoms with Crippen molar-refractivity contribution in [1.82, 2.24) is 0 Å². The molecular formula is C21H24N2O4. The molecule has 1 saturated heterocycles. The highest BCUT2D eigenvalue weighted by Crippen LogP contribution is 2.31. The lowest BCUT2D eigenvalue weighted by atomic mass is 10.1. The Morgan fingerprint density at radius 2 is 1.93 bits per heavy atom. The summed E-state index contributed by atoms with van der Waals surface area (Å²) in [6.45, 7) is 4.80. The van der Waals surface area contributed by atoms with Crippen LogP contribution in [-0.4, -0.2) is 32.1 Å².